The topological polar surface area (TPSA) is 95.5 Å². The van der Waals surface area contributed by atoms with Crippen LogP contribution in [0.25, 0.3) is 5.57 Å². The molecule has 0 aliphatic heterocycles. The van der Waals surface area contributed by atoms with Crippen molar-refractivity contribution in [2.45, 2.75) is 37.6 Å². The molecule has 1 aromatic carbocycles. The summed E-state index contributed by atoms with van der Waals surface area (Å²) in [4.78, 5) is 21.7. The number of rotatable bonds is 5. The van der Waals surface area contributed by atoms with E-state index in [1.165, 1.54) is 26.0 Å². The van der Waals surface area contributed by atoms with Gasteiger partial charge in [-0.15, -0.1) is 0 Å². The van der Waals surface area contributed by atoms with Gasteiger partial charge in [-0.3, -0.25) is 10.1 Å². The molecule has 2 unspecified atom stereocenters. The van der Waals surface area contributed by atoms with Crippen molar-refractivity contribution in [2.24, 2.45) is 5.73 Å². The van der Waals surface area contributed by atoms with Gasteiger partial charge in [-0.1, -0.05) is 36.4 Å². The van der Waals surface area contributed by atoms with Crippen LogP contribution in [0.3, 0.4) is 0 Å². The maximum atomic E-state index is 15.3. The molecule has 128 valence electrons. The summed E-state index contributed by atoms with van der Waals surface area (Å²) < 4.78 is 20.2. The van der Waals surface area contributed by atoms with Crippen molar-refractivity contribution in [3.05, 3.63) is 64.2 Å². The first-order valence-corrected chi connectivity index (χ1v) is 7.40. The fourth-order valence-corrected chi connectivity index (χ4v) is 2.87. The predicted octanol–water partition coefficient (Wildman–Crippen LogP) is 3.26. The van der Waals surface area contributed by atoms with Gasteiger partial charge in [0, 0.05) is 17.4 Å². The van der Waals surface area contributed by atoms with Gasteiger partial charge in [0.05, 0.1) is 0 Å². The lowest BCUT2D eigenvalue weighted by molar-refractivity contribution is -0.525. The lowest BCUT2D eigenvalue weighted by Gasteiger charge is -2.33. The molecule has 1 aliphatic rings. The molecule has 1 amide bonds. The average Bonchev–Trinajstić information content (AvgIpc) is 2.45. The monoisotopic (exact) mass is 334 g/mol. The van der Waals surface area contributed by atoms with Crippen LogP contribution in [-0.4, -0.2) is 28.3 Å². The molecule has 0 bridgehead atoms. The second kappa shape index (κ2) is 6.43. The highest BCUT2D eigenvalue weighted by Gasteiger charge is 2.50. The van der Waals surface area contributed by atoms with Crippen LogP contribution in [0.5, 0.6) is 0 Å². The minimum atomic E-state index is -2.29. The van der Waals surface area contributed by atoms with E-state index in [1.807, 2.05) is 6.07 Å². The molecule has 0 heterocycles. The molecule has 24 heavy (non-hydrogen) atoms. The number of hydrogen-bond donors (Lipinski definition) is 1. The fourth-order valence-electron chi connectivity index (χ4n) is 2.87. The molecule has 0 radical (unpaired) electrons. The SMILES string of the molecule is CC(C)(CC1(F)C=CC(c2ccccc2)=CC1[N+](=O)[O-])OC(N)=O. The summed E-state index contributed by atoms with van der Waals surface area (Å²) in [6.45, 7) is 2.92. The molecule has 0 saturated carbocycles. The molecule has 0 saturated heterocycles. The van der Waals surface area contributed by atoms with E-state index in [4.69, 9.17) is 10.5 Å². The highest BCUT2D eigenvalue weighted by atomic mass is 19.1. The Hall–Kier alpha value is -2.70. The minimum absolute atomic E-state index is 0.385. The van der Waals surface area contributed by atoms with E-state index in [-0.39, 0.29) is 6.42 Å². The van der Waals surface area contributed by atoms with Crippen molar-refractivity contribution in [3.63, 3.8) is 0 Å². The normalized spacial score (nSPS) is 23.5. The van der Waals surface area contributed by atoms with Crippen LogP contribution in [0.15, 0.2) is 48.6 Å². The number of carbonyl (C=O) groups is 1. The molecule has 6 nitrogen and oxygen atoms in total. The summed E-state index contributed by atoms with van der Waals surface area (Å²) in [6, 6.07) is 7.41. The third-order valence-corrected chi connectivity index (χ3v) is 3.78. The van der Waals surface area contributed by atoms with Crippen LogP contribution in [0.4, 0.5) is 9.18 Å². The van der Waals surface area contributed by atoms with Crippen molar-refractivity contribution in [2.75, 3.05) is 0 Å². The standard InChI is InChI=1S/C17H19FN2O4/c1-16(2,24-15(19)21)11-17(18)9-8-13(10-14(17)20(22)23)12-6-4-3-5-7-12/h3-10,14H,11H2,1-2H3,(H2,19,21). The summed E-state index contributed by atoms with van der Waals surface area (Å²) in [5.74, 6) is 0. The van der Waals surface area contributed by atoms with Crippen LogP contribution in [-0.2, 0) is 4.74 Å². The number of allylic oxidation sites excluding steroid dienone is 2. The number of benzene rings is 1. The van der Waals surface area contributed by atoms with E-state index in [9.17, 15) is 14.9 Å². The maximum Gasteiger partial charge on any atom is 0.405 e. The molecule has 0 fully saturated rings. The third kappa shape index (κ3) is 3.98. The molecular formula is C17H19FN2O4. The van der Waals surface area contributed by atoms with E-state index in [0.29, 0.717) is 5.57 Å². The van der Waals surface area contributed by atoms with Crippen molar-refractivity contribution in [3.8, 4) is 0 Å². The van der Waals surface area contributed by atoms with Crippen LogP contribution >= 0.6 is 0 Å². The Labute approximate surface area is 138 Å². The highest BCUT2D eigenvalue weighted by Crippen LogP contribution is 2.38. The molecule has 2 atom stereocenters. The number of alkyl halides is 1. The Morgan fingerprint density at radius 1 is 1.42 bits per heavy atom. The summed E-state index contributed by atoms with van der Waals surface area (Å²) in [5, 5.41) is 11.4. The highest BCUT2D eigenvalue weighted by molar-refractivity contribution is 5.76. The molecule has 7 heteroatoms. The molecule has 2 N–H and O–H groups in total. The number of ether oxygens (including phenoxy) is 1. The van der Waals surface area contributed by atoms with Crippen LogP contribution < -0.4 is 5.73 Å². The number of nitrogens with zero attached hydrogens (tertiary/aromatic N) is 1. The second-order valence-electron chi connectivity index (χ2n) is 6.34. The van der Waals surface area contributed by atoms with Gasteiger partial charge in [-0.05, 0) is 31.1 Å². The Morgan fingerprint density at radius 3 is 2.58 bits per heavy atom. The zero-order chi connectivity index (χ0) is 18.0. The van der Waals surface area contributed by atoms with Gasteiger partial charge in [-0.25, -0.2) is 9.18 Å². The lowest BCUT2D eigenvalue weighted by atomic mass is 9.80. The molecule has 1 aliphatic carbocycles. The maximum absolute atomic E-state index is 15.3. The van der Waals surface area contributed by atoms with E-state index in [1.54, 1.807) is 24.3 Å². The quantitative estimate of drug-likeness (QED) is 0.660. The number of nitrogens with two attached hydrogens (primary N) is 1. The van der Waals surface area contributed by atoms with E-state index >= 15 is 4.39 Å². The predicted molar refractivity (Wildman–Crippen MR) is 87.5 cm³/mol. The van der Waals surface area contributed by atoms with Gasteiger partial charge in [-0.2, -0.15) is 0 Å². The number of halogens is 1. The molecule has 1 aromatic rings. The fraction of sp³-hybridized carbons (Fsp3) is 0.353. The second-order valence-corrected chi connectivity index (χ2v) is 6.34. The zero-order valence-electron chi connectivity index (χ0n) is 13.4. The third-order valence-electron chi connectivity index (χ3n) is 3.78. The Kier molecular flexibility index (Phi) is 4.73. The van der Waals surface area contributed by atoms with E-state index in [2.05, 4.69) is 0 Å². The number of nitro groups is 1. The first-order valence-electron chi connectivity index (χ1n) is 7.40. The Balaban J connectivity index is 2.32. The smallest absolute Gasteiger partial charge is 0.405 e. The van der Waals surface area contributed by atoms with Gasteiger partial charge in [0.15, 0.2) is 0 Å². The van der Waals surface area contributed by atoms with Crippen molar-refractivity contribution >= 4 is 11.7 Å². The summed E-state index contributed by atoms with van der Waals surface area (Å²) in [7, 11) is 0. The van der Waals surface area contributed by atoms with Crippen LogP contribution in [0, 0.1) is 10.1 Å². The largest absolute Gasteiger partial charge is 0.444 e. The Bertz CT molecular complexity index is 700. The lowest BCUT2D eigenvalue weighted by Crippen LogP contribution is -2.48. The number of primary amides is 1. The van der Waals surface area contributed by atoms with E-state index < -0.39 is 28.3 Å². The summed E-state index contributed by atoms with van der Waals surface area (Å²) in [6.07, 6.45) is 2.52. The van der Waals surface area contributed by atoms with Crippen LogP contribution in [0.2, 0.25) is 0 Å². The first kappa shape index (κ1) is 17.7. The van der Waals surface area contributed by atoms with Gasteiger partial charge in [0.25, 0.3) is 6.04 Å². The minimum Gasteiger partial charge on any atom is -0.444 e. The number of hydrogen-bond acceptors (Lipinski definition) is 4. The van der Waals surface area contributed by atoms with Crippen molar-refractivity contribution in [1.29, 1.82) is 0 Å². The summed E-state index contributed by atoms with van der Waals surface area (Å²) in [5.41, 5.74) is 2.73. The van der Waals surface area contributed by atoms with Gasteiger partial charge in [0.2, 0.25) is 5.67 Å². The zero-order valence-corrected chi connectivity index (χ0v) is 13.4. The number of amides is 1. The average molecular weight is 334 g/mol. The number of carbonyl (C=O) groups excluding carboxylic acids is 1. The van der Waals surface area contributed by atoms with Crippen molar-refractivity contribution in [1.82, 2.24) is 0 Å². The summed E-state index contributed by atoms with van der Waals surface area (Å²) >= 11 is 0. The van der Waals surface area contributed by atoms with Gasteiger partial charge in [0.1, 0.15) is 5.60 Å². The molecule has 2 rings (SSSR count). The van der Waals surface area contributed by atoms with Crippen molar-refractivity contribution < 1.29 is 18.8 Å². The van der Waals surface area contributed by atoms with Gasteiger partial charge >= 0.3 is 6.09 Å². The first-order chi connectivity index (χ1) is 11.1. The Morgan fingerprint density at radius 2 is 2.04 bits per heavy atom. The molecule has 0 spiro atoms. The van der Waals surface area contributed by atoms with Crippen LogP contribution in [0.1, 0.15) is 25.8 Å². The van der Waals surface area contributed by atoms with Gasteiger partial charge < -0.3 is 10.5 Å². The molecule has 0 aromatic heterocycles. The van der Waals surface area contributed by atoms with E-state index in [0.717, 1.165) is 11.6 Å². The molecular weight excluding hydrogens is 315 g/mol.